The standard InChI is InChI=1S/C19H19N5O/c1-23-17-5-3-2-4-14(17)18(15(12-20)19(23)25)24-10-7-13(8-11-24)16-6-9-21-22-16/h2-6,9,13H,7-8,10-11H2,1H3,(H,21,22). The number of aryl methyl sites for hydroxylation is 1. The van der Waals surface area contributed by atoms with E-state index in [4.69, 9.17) is 0 Å². The number of nitriles is 1. The van der Waals surface area contributed by atoms with Gasteiger partial charge in [-0.1, -0.05) is 18.2 Å². The van der Waals surface area contributed by atoms with Gasteiger partial charge in [-0.25, -0.2) is 0 Å². The molecular weight excluding hydrogens is 314 g/mol. The molecule has 1 N–H and O–H groups in total. The molecule has 0 saturated carbocycles. The molecule has 3 heterocycles. The van der Waals surface area contributed by atoms with E-state index in [0.29, 0.717) is 5.92 Å². The third kappa shape index (κ3) is 2.49. The first-order valence-corrected chi connectivity index (χ1v) is 8.47. The van der Waals surface area contributed by atoms with E-state index in [2.05, 4.69) is 21.2 Å². The van der Waals surface area contributed by atoms with Crippen LogP contribution >= 0.6 is 0 Å². The van der Waals surface area contributed by atoms with Gasteiger partial charge in [0.2, 0.25) is 0 Å². The van der Waals surface area contributed by atoms with Crippen LogP contribution in [0, 0.1) is 11.3 Å². The van der Waals surface area contributed by atoms with Crippen molar-refractivity contribution in [3.05, 3.63) is 58.1 Å². The Morgan fingerprint density at radius 2 is 2.00 bits per heavy atom. The van der Waals surface area contributed by atoms with Crippen LogP contribution in [0.25, 0.3) is 10.9 Å². The van der Waals surface area contributed by atoms with Gasteiger partial charge in [-0.2, -0.15) is 10.4 Å². The van der Waals surface area contributed by atoms with Crippen LogP contribution in [0.1, 0.15) is 30.0 Å². The summed E-state index contributed by atoms with van der Waals surface area (Å²) in [6, 6.07) is 12.0. The number of benzene rings is 1. The highest BCUT2D eigenvalue weighted by Gasteiger charge is 2.26. The van der Waals surface area contributed by atoms with E-state index in [0.717, 1.165) is 48.2 Å². The number of nitrogens with zero attached hydrogens (tertiary/aromatic N) is 4. The Hall–Kier alpha value is -3.07. The maximum absolute atomic E-state index is 12.6. The van der Waals surface area contributed by atoms with Crippen LogP contribution in [-0.4, -0.2) is 27.9 Å². The van der Waals surface area contributed by atoms with Gasteiger partial charge >= 0.3 is 0 Å². The summed E-state index contributed by atoms with van der Waals surface area (Å²) < 4.78 is 1.56. The first kappa shape index (κ1) is 15.5. The molecule has 0 amide bonds. The lowest BCUT2D eigenvalue weighted by Gasteiger charge is -2.34. The van der Waals surface area contributed by atoms with E-state index in [1.165, 1.54) is 0 Å². The van der Waals surface area contributed by atoms with Crippen molar-refractivity contribution in [3.8, 4) is 6.07 Å². The summed E-state index contributed by atoms with van der Waals surface area (Å²) >= 11 is 0. The number of hydrogen-bond acceptors (Lipinski definition) is 4. The average Bonchev–Trinajstić information content (AvgIpc) is 3.19. The van der Waals surface area contributed by atoms with E-state index in [1.54, 1.807) is 11.6 Å². The summed E-state index contributed by atoms with van der Waals surface area (Å²) in [4.78, 5) is 14.8. The number of hydrogen-bond donors (Lipinski definition) is 1. The monoisotopic (exact) mass is 333 g/mol. The zero-order valence-corrected chi connectivity index (χ0v) is 14.1. The van der Waals surface area contributed by atoms with Crippen LogP contribution in [-0.2, 0) is 7.05 Å². The zero-order valence-electron chi connectivity index (χ0n) is 14.1. The Labute approximate surface area is 145 Å². The highest BCUT2D eigenvalue weighted by atomic mass is 16.1. The van der Waals surface area contributed by atoms with Gasteiger partial charge in [0.1, 0.15) is 11.6 Å². The van der Waals surface area contributed by atoms with Crippen LogP contribution in [0.5, 0.6) is 0 Å². The molecule has 2 aromatic heterocycles. The lowest BCUT2D eigenvalue weighted by molar-refractivity contribution is 0.496. The van der Waals surface area contributed by atoms with Gasteiger partial charge in [-0.15, -0.1) is 0 Å². The largest absolute Gasteiger partial charge is 0.370 e. The van der Waals surface area contributed by atoms with Gasteiger partial charge in [0.25, 0.3) is 5.56 Å². The molecule has 0 unspecified atom stereocenters. The van der Waals surface area contributed by atoms with Crippen LogP contribution in [0.15, 0.2) is 41.3 Å². The Bertz CT molecular complexity index is 1000. The van der Waals surface area contributed by atoms with Crippen molar-refractivity contribution in [2.45, 2.75) is 18.8 Å². The van der Waals surface area contributed by atoms with Gasteiger partial charge in [0.15, 0.2) is 0 Å². The third-order valence-corrected chi connectivity index (χ3v) is 5.14. The van der Waals surface area contributed by atoms with E-state index in [1.807, 2.05) is 36.5 Å². The SMILES string of the molecule is Cn1c(=O)c(C#N)c(N2CCC(c3cc[nH]n3)CC2)c2ccccc21. The van der Waals surface area contributed by atoms with E-state index >= 15 is 0 Å². The van der Waals surface area contributed by atoms with Crippen LogP contribution in [0.3, 0.4) is 0 Å². The number of piperidine rings is 1. The van der Waals surface area contributed by atoms with E-state index in [-0.39, 0.29) is 11.1 Å². The number of pyridine rings is 1. The van der Waals surface area contributed by atoms with Gasteiger partial charge < -0.3 is 9.47 Å². The number of para-hydroxylation sites is 1. The first-order chi connectivity index (χ1) is 12.2. The number of aromatic amines is 1. The van der Waals surface area contributed by atoms with Crippen LogP contribution < -0.4 is 10.5 Å². The molecule has 6 heteroatoms. The molecule has 1 aromatic carbocycles. The molecule has 1 saturated heterocycles. The minimum absolute atomic E-state index is 0.231. The maximum atomic E-state index is 12.6. The topological polar surface area (TPSA) is 77.7 Å². The number of nitrogens with one attached hydrogen (secondary N) is 1. The summed E-state index contributed by atoms with van der Waals surface area (Å²) in [5, 5.41) is 17.7. The summed E-state index contributed by atoms with van der Waals surface area (Å²) in [5.41, 5.74) is 2.73. The quantitative estimate of drug-likeness (QED) is 0.782. The molecule has 6 nitrogen and oxygen atoms in total. The molecule has 3 aromatic rings. The van der Waals surface area contributed by atoms with Crippen molar-refractivity contribution >= 4 is 16.6 Å². The normalized spacial score (nSPS) is 15.4. The van der Waals surface area contributed by atoms with Crippen molar-refractivity contribution in [2.75, 3.05) is 18.0 Å². The van der Waals surface area contributed by atoms with Gasteiger partial charge in [0.05, 0.1) is 16.9 Å². The predicted octanol–water partition coefficient (Wildman–Crippen LogP) is 2.52. The molecule has 0 atom stereocenters. The molecule has 0 aliphatic carbocycles. The Balaban J connectivity index is 1.76. The zero-order chi connectivity index (χ0) is 17.4. The molecular formula is C19H19N5O. The summed E-state index contributed by atoms with van der Waals surface area (Å²) in [7, 11) is 1.72. The number of anilines is 1. The molecule has 0 bridgehead atoms. The highest BCUT2D eigenvalue weighted by Crippen LogP contribution is 2.34. The molecule has 25 heavy (non-hydrogen) atoms. The minimum atomic E-state index is -0.231. The Kier molecular flexibility index (Phi) is 3.77. The van der Waals surface area contributed by atoms with Crippen molar-refractivity contribution < 1.29 is 0 Å². The fourth-order valence-electron chi connectivity index (χ4n) is 3.81. The lowest BCUT2D eigenvalue weighted by Crippen LogP contribution is -2.35. The minimum Gasteiger partial charge on any atom is -0.370 e. The van der Waals surface area contributed by atoms with Crippen LogP contribution in [0.2, 0.25) is 0 Å². The van der Waals surface area contributed by atoms with E-state index in [9.17, 15) is 10.1 Å². The smallest absolute Gasteiger partial charge is 0.270 e. The molecule has 0 spiro atoms. The second-order valence-electron chi connectivity index (χ2n) is 6.48. The Morgan fingerprint density at radius 1 is 1.24 bits per heavy atom. The highest BCUT2D eigenvalue weighted by molar-refractivity contribution is 5.94. The molecule has 4 rings (SSSR count). The fraction of sp³-hybridized carbons (Fsp3) is 0.316. The van der Waals surface area contributed by atoms with Gasteiger partial charge in [-0.3, -0.25) is 9.89 Å². The summed E-state index contributed by atoms with van der Waals surface area (Å²) in [6.07, 6.45) is 3.77. The molecule has 0 radical (unpaired) electrons. The molecule has 1 fully saturated rings. The van der Waals surface area contributed by atoms with Crippen molar-refractivity contribution in [3.63, 3.8) is 0 Å². The van der Waals surface area contributed by atoms with Gasteiger partial charge in [-0.05, 0) is 25.0 Å². The first-order valence-electron chi connectivity index (χ1n) is 8.47. The maximum Gasteiger partial charge on any atom is 0.270 e. The third-order valence-electron chi connectivity index (χ3n) is 5.14. The van der Waals surface area contributed by atoms with Crippen molar-refractivity contribution in [2.24, 2.45) is 7.05 Å². The molecule has 1 aliphatic heterocycles. The van der Waals surface area contributed by atoms with Crippen molar-refractivity contribution in [1.82, 2.24) is 14.8 Å². The number of H-pyrrole nitrogens is 1. The Morgan fingerprint density at radius 3 is 2.68 bits per heavy atom. The lowest BCUT2D eigenvalue weighted by atomic mass is 9.92. The number of aromatic nitrogens is 3. The number of fused-ring (bicyclic) bond motifs is 1. The predicted molar refractivity (Wildman–Crippen MR) is 96.7 cm³/mol. The van der Waals surface area contributed by atoms with Crippen LogP contribution in [0.4, 0.5) is 5.69 Å². The second-order valence-corrected chi connectivity index (χ2v) is 6.48. The average molecular weight is 333 g/mol. The molecule has 1 aliphatic rings. The number of rotatable bonds is 2. The van der Waals surface area contributed by atoms with Crippen molar-refractivity contribution in [1.29, 1.82) is 5.26 Å². The van der Waals surface area contributed by atoms with Gasteiger partial charge in [0, 0.05) is 37.6 Å². The summed E-state index contributed by atoms with van der Waals surface area (Å²) in [5.74, 6) is 0.422. The summed E-state index contributed by atoms with van der Waals surface area (Å²) in [6.45, 7) is 1.62. The molecule has 126 valence electrons. The van der Waals surface area contributed by atoms with E-state index < -0.39 is 0 Å². The fourth-order valence-corrected chi connectivity index (χ4v) is 3.81. The second kappa shape index (κ2) is 6.10.